The molecule has 0 heterocycles. The Morgan fingerprint density at radius 1 is 1.39 bits per heavy atom. The second kappa shape index (κ2) is 7.46. The van der Waals surface area contributed by atoms with Crippen LogP contribution >= 0.6 is 15.9 Å². The first-order valence-electron chi connectivity index (χ1n) is 5.85. The van der Waals surface area contributed by atoms with Crippen LogP contribution in [0.3, 0.4) is 0 Å². The van der Waals surface area contributed by atoms with Crippen molar-refractivity contribution in [2.75, 3.05) is 5.33 Å². The van der Waals surface area contributed by atoms with Gasteiger partial charge in [0.15, 0.2) is 0 Å². The average Bonchev–Trinajstić information content (AvgIpc) is 2.28. The van der Waals surface area contributed by atoms with Crippen LogP contribution in [0, 0.1) is 11.6 Å². The monoisotopic (exact) mass is 319 g/mol. The maximum atomic E-state index is 13.5. The Bertz CT molecular complexity index is 412. The number of carbonyl (C=O) groups excluding carboxylic acids is 1. The standard InChI is InChI=1S/C13H16BrF2NO/c1-9(17-13(18)4-2-3-7-14)11-6-5-10(15)8-12(11)16/h5-6,8-9H,2-4,7H2,1H3,(H,17,18). The van der Waals surface area contributed by atoms with E-state index in [0.717, 1.165) is 24.2 Å². The summed E-state index contributed by atoms with van der Waals surface area (Å²) in [4.78, 5) is 11.6. The van der Waals surface area contributed by atoms with Gasteiger partial charge >= 0.3 is 0 Å². The summed E-state index contributed by atoms with van der Waals surface area (Å²) in [5.74, 6) is -1.37. The summed E-state index contributed by atoms with van der Waals surface area (Å²) in [6.07, 6.45) is 2.13. The lowest BCUT2D eigenvalue weighted by Crippen LogP contribution is -2.27. The molecule has 1 aromatic rings. The molecule has 1 N–H and O–H groups in total. The van der Waals surface area contributed by atoms with Crippen molar-refractivity contribution in [1.29, 1.82) is 0 Å². The largest absolute Gasteiger partial charge is 0.349 e. The third kappa shape index (κ3) is 4.72. The second-order valence-corrected chi connectivity index (χ2v) is 4.89. The third-order valence-corrected chi connectivity index (χ3v) is 3.15. The number of rotatable bonds is 6. The first-order valence-corrected chi connectivity index (χ1v) is 6.97. The van der Waals surface area contributed by atoms with Gasteiger partial charge in [-0.1, -0.05) is 22.0 Å². The number of amides is 1. The van der Waals surface area contributed by atoms with Crippen molar-refractivity contribution in [1.82, 2.24) is 5.32 Å². The fraction of sp³-hybridized carbons (Fsp3) is 0.462. The smallest absolute Gasteiger partial charge is 0.220 e. The minimum Gasteiger partial charge on any atom is -0.349 e. The number of hydrogen-bond acceptors (Lipinski definition) is 1. The number of carbonyl (C=O) groups is 1. The summed E-state index contributed by atoms with van der Waals surface area (Å²) < 4.78 is 26.2. The van der Waals surface area contributed by atoms with Gasteiger partial charge < -0.3 is 5.32 Å². The molecular formula is C13H16BrF2NO. The van der Waals surface area contributed by atoms with Crippen LogP contribution in [0.4, 0.5) is 8.78 Å². The fourth-order valence-corrected chi connectivity index (χ4v) is 2.02. The molecule has 1 amide bonds. The maximum Gasteiger partial charge on any atom is 0.220 e. The molecule has 5 heteroatoms. The highest BCUT2D eigenvalue weighted by atomic mass is 79.9. The van der Waals surface area contributed by atoms with Gasteiger partial charge in [-0.25, -0.2) is 8.78 Å². The summed E-state index contributed by atoms with van der Waals surface area (Å²) in [5.41, 5.74) is 0.297. The summed E-state index contributed by atoms with van der Waals surface area (Å²) in [7, 11) is 0. The van der Waals surface area contributed by atoms with Gasteiger partial charge in [-0.2, -0.15) is 0 Å². The van der Waals surface area contributed by atoms with Crippen molar-refractivity contribution < 1.29 is 13.6 Å². The molecule has 1 aromatic carbocycles. The minimum atomic E-state index is -0.636. The Labute approximate surface area is 114 Å². The normalized spacial score (nSPS) is 12.2. The van der Waals surface area contributed by atoms with E-state index in [2.05, 4.69) is 21.2 Å². The molecular weight excluding hydrogens is 304 g/mol. The van der Waals surface area contributed by atoms with Gasteiger partial charge in [-0.05, 0) is 25.8 Å². The molecule has 0 saturated carbocycles. The molecule has 0 fully saturated rings. The van der Waals surface area contributed by atoms with Crippen LogP contribution < -0.4 is 5.32 Å². The molecule has 18 heavy (non-hydrogen) atoms. The number of alkyl halides is 1. The van der Waals surface area contributed by atoms with E-state index in [0.29, 0.717) is 12.0 Å². The Balaban J connectivity index is 2.54. The SMILES string of the molecule is CC(NC(=O)CCCCBr)c1ccc(F)cc1F. The molecule has 1 unspecified atom stereocenters. The van der Waals surface area contributed by atoms with Gasteiger partial charge in [0.25, 0.3) is 0 Å². The van der Waals surface area contributed by atoms with E-state index >= 15 is 0 Å². The van der Waals surface area contributed by atoms with Crippen molar-refractivity contribution in [2.24, 2.45) is 0 Å². The highest BCUT2D eigenvalue weighted by molar-refractivity contribution is 9.09. The molecule has 1 atom stereocenters. The Morgan fingerprint density at radius 2 is 2.11 bits per heavy atom. The van der Waals surface area contributed by atoms with E-state index in [9.17, 15) is 13.6 Å². The van der Waals surface area contributed by atoms with Gasteiger partial charge in [0, 0.05) is 23.4 Å². The third-order valence-electron chi connectivity index (χ3n) is 2.59. The number of hydrogen-bond donors (Lipinski definition) is 1. The molecule has 0 saturated heterocycles. The van der Waals surface area contributed by atoms with E-state index < -0.39 is 17.7 Å². The van der Waals surface area contributed by atoms with Crippen molar-refractivity contribution in [2.45, 2.75) is 32.2 Å². The van der Waals surface area contributed by atoms with Crippen LogP contribution in [0.1, 0.15) is 37.8 Å². The molecule has 0 aliphatic rings. The quantitative estimate of drug-likeness (QED) is 0.628. The van der Waals surface area contributed by atoms with E-state index in [-0.39, 0.29) is 5.91 Å². The van der Waals surface area contributed by atoms with Crippen LogP contribution in [0.25, 0.3) is 0 Å². The summed E-state index contributed by atoms with van der Waals surface area (Å²) in [6, 6.07) is 2.91. The van der Waals surface area contributed by atoms with Crippen molar-refractivity contribution in [3.05, 3.63) is 35.4 Å². The number of unbranched alkanes of at least 4 members (excludes halogenated alkanes) is 1. The molecule has 0 radical (unpaired) electrons. The van der Waals surface area contributed by atoms with Gasteiger partial charge in [0.1, 0.15) is 11.6 Å². The van der Waals surface area contributed by atoms with E-state index in [1.807, 2.05) is 0 Å². The number of halogens is 3. The minimum absolute atomic E-state index is 0.118. The van der Waals surface area contributed by atoms with E-state index in [4.69, 9.17) is 0 Å². The Morgan fingerprint density at radius 3 is 2.72 bits per heavy atom. The molecule has 1 rings (SSSR count). The predicted octanol–water partition coefficient (Wildman–Crippen LogP) is 3.71. The summed E-state index contributed by atoms with van der Waals surface area (Å²) in [5, 5.41) is 3.56. The topological polar surface area (TPSA) is 29.1 Å². The molecule has 2 nitrogen and oxygen atoms in total. The van der Waals surface area contributed by atoms with Gasteiger partial charge in [0.05, 0.1) is 6.04 Å². The molecule has 0 bridgehead atoms. The van der Waals surface area contributed by atoms with E-state index in [1.165, 1.54) is 12.1 Å². The van der Waals surface area contributed by atoms with Crippen molar-refractivity contribution in [3.8, 4) is 0 Å². The highest BCUT2D eigenvalue weighted by Gasteiger charge is 2.13. The van der Waals surface area contributed by atoms with Crippen molar-refractivity contribution in [3.63, 3.8) is 0 Å². The molecule has 0 aromatic heterocycles. The second-order valence-electron chi connectivity index (χ2n) is 4.10. The summed E-state index contributed by atoms with van der Waals surface area (Å²) >= 11 is 3.29. The Kier molecular flexibility index (Phi) is 6.25. The lowest BCUT2D eigenvalue weighted by atomic mass is 10.1. The van der Waals surface area contributed by atoms with Crippen LogP contribution in [0.2, 0.25) is 0 Å². The van der Waals surface area contributed by atoms with Gasteiger partial charge in [-0.3, -0.25) is 4.79 Å². The maximum absolute atomic E-state index is 13.5. The fourth-order valence-electron chi connectivity index (χ4n) is 1.62. The number of benzene rings is 1. The van der Waals surface area contributed by atoms with Gasteiger partial charge in [-0.15, -0.1) is 0 Å². The lowest BCUT2D eigenvalue weighted by molar-refractivity contribution is -0.121. The van der Waals surface area contributed by atoms with E-state index in [1.54, 1.807) is 6.92 Å². The highest BCUT2D eigenvalue weighted by Crippen LogP contribution is 2.17. The first kappa shape index (κ1) is 15.1. The Hall–Kier alpha value is -0.970. The molecule has 100 valence electrons. The van der Waals surface area contributed by atoms with Crippen LogP contribution in [-0.4, -0.2) is 11.2 Å². The molecule has 0 spiro atoms. The van der Waals surface area contributed by atoms with Crippen LogP contribution in [-0.2, 0) is 4.79 Å². The van der Waals surface area contributed by atoms with Crippen LogP contribution in [0.5, 0.6) is 0 Å². The van der Waals surface area contributed by atoms with Crippen molar-refractivity contribution >= 4 is 21.8 Å². The van der Waals surface area contributed by atoms with Crippen LogP contribution in [0.15, 0.2) is 18.2 Å². The first-order chi connectivity index (χ1) is 8.54. The number of nitrogens with one attached hydrogen (secondary N) is 1. The van der Waals surface area contributed by atoms with Gasteiger partial charge in [0.2, 0.25) is 5.91 Å². The lowest BCUT2D eigenvalue weighted by Gasteiger charge is -2.15. The predicted molar refractivity (Wildman–Crippen MR) is 70.6 cm³/mol. The molecule has 0 aliphatic carbocycles. The average molecular weight is 320 g/mol. The molecule has 0 aliphatic heterocycles. The zero-order chi connectivity index (χ0) is 13.5. The zero-order valence-electron chi connectivity index (χ0n) is 10.2. The zero-order valence-corrected chi connectivity index (χ0v) is 11.8. The summed E-state index contributed by atoms with van der Waals surface area (Å²) in [6.45, 7) is 1.68.